The van der Waals surface area contributed by atoms with Crippen LogP contribution < -0.4 is 4.74 Å². The zero-order chi connectivity index (χ0) is 19.5. The van der Waals surface area contributed by atoms with Crippen molar-refractivity contribution in [3.05, 3.63) is 65.9 Å². The molecule has 6 nitrogen and oxygen atoms in total. The smallest absolute Gasteiger partial charge is 0.195 e. The monoisotopic (exact) mass is 380 g/mol. The minimum absolute atomic E-state index is 0.306. The van der Waals surface area contributed by atoms with Crippen molar-refractivity contribution in [3.63, 3.8) is 0 Å². The maximum atomic E-state index is 13.3. The van der Waals surface area contributed by atoms with Crippen LogP contribution >= 0.6 is 0 Å². The first kappa shape index (κ1) is 18.7. The molecule has 6 heteroatoms. The summed E-state index contributed by atoms with van der Waals surface area (Å²) in [6, 6.07) is 14.6. The number of rotatable bonds is 6. The van der Waals surface area contributed by atoms with E-state index >= 15 is 0 Å². The van der Waals surface area contributed by atoms with Crippen LogP contribution in [0.2, 0.25) is 0 Å². The van der Waals surface area contributed by atoms with Gasteiger partial charge in [0.2, 0.25) is 0 Å². The summed E-state index contributed by atoms with van der Waals surface area (Å²) >= 11 is 0. The second-order valence-corrected chi connectivity index (χ2v) is 6.89. The molecule has 4 rings (SSSR count). The van der Waals surface area contributed by atoms with Crippen LogP contribution in [0.25, 0.3) is 10.9 Å². The molecule has 0 bridgehead atoms. The third-order valence-corrected chi connectivity index (χ3v) is 5.32. The number of ether oxygens (including phenoxy) is 2. The Balaban J connectivity index is 1.74. The van der Waals surface area contributed by atoms with E-state index in [9.17, 15) is 9.90 Å². The molecular formula is C22H24N2O4. The lowest BCUT2D eigenvalue weighted by Gasteiger charge is -2.37. The van der Waals surface area contributed by atoms with Crippen molar-refractivity contribution in [1.82, 2.24) is 9.88 Å². The summed E-state index contributed by atoms with van der Waals surface area (Å²) < 4.78 is 11.0. The number of para-hydroxylation sites is 2. The van der Waals surface area contributed by atoms with Crippen molar-refractivity contribution in [3.8, 4) is 5.75 Å². The molecule has 2 atom stereocenters. The molecule has 0 saturated carbocycles. The molecule has 2 N–H and O–H groups in total. The number of hydrogen-bond acceptors (Lipinski definition) is 5. The molecule has 0 amide bonds. The molecule has 28 heavy (non-hydrogen) atoms. The average molecular weight is 380 g/mol. The fourth-order valence-corrected chi connectivity index (χ4v) is 3.91. The number of fused-ring (bicyclic) bond motifs is 1. The molecule has 0 spiro atoms. The Labute approximate surface area is 163 Å². The first-order chi connectivity index (χ1) is 13.7. The lowest BCUT2D eigenvalue weighted by Crippen LogP contribution is -2.46. The number of Topliss-reactive ketones (excluding diaryl/α,β-unsaturated/α-hetero) is 1. The highest BCUT2D eigenvalue weighted by Gasteiger charge is 2.36. The molecule has 2 heterocycles. The number of morpholine rings is 1. The van der Waals surface area contributed by atoms with E-state index < -0.39 is 12.1 Å². The predicted molar refractivity (Wildman–Crippen MR) is 107 cm³/mol. The summed E-state index contributed by atoms with van der Waals surface area (Å²) in [6.45, 7) is 2.42. The van der Waals surface area contributed by atoms with E-state index in [2.05, 4.69) is 9.88 Å². The minimum atomic E-state index is -1.23. The van der Waals surface area contributed by atoms with Crippen molar-refractivity contribution in [2.45, 2.75) is 12.1 Å². The van der Waals surface area contributed by atoms with Crippen LogP contribution in [0.4, 0.5) is 0 Å². The number of nitrogens with zero attached hydrogens (tertiary/aromatic N) is 1. The molecule has 1 fully saturated rings. The first-order valence-electron chi connectivity index (χ1n) is 9.44. The van der Waals surface area contributed by atoms with E-state index in [1.807, 2.05) is 48.5 Å². The Hall–Kier alpha value is -2.67. The summed E-state index contributed by atoms with van der Waals surface area (Å²) in [7, 11) is 1.60. The quantitative estimate of drug-likeness (QED) is 0.643. The summed E-state index contributed by atoms with van der Waals surface area (Å²) in [6.07, 6.45) is 0.447. The molecule has 0 unspecified atom stereocenters. The molecule has 1 aromatic heterocycles. The normalized spacial score (nSPS) is 17.4. The van der Waals surface area contributed by atoms with Crippen molar-refractivity contribution < 1.29 is 19.4 Å². The van der Waals surface area contributed by atoms with Gasteiger partial charge in [0.05, 0.1) is 26.4 Å². The highest BCUT2D eigenvalue weighted by atomic mass is 16.5. The number of carbonyl (C=O) groups is 1. The number of hydrogen-bond donors (Lipinski definition) is 2. The Kier molecular flexibility index (Phi) is 5.43. The largest absolute Gasteiger partial charge is 0.496 e. The summed E-state index contributed by atoms with van der Waals surface area (Å²) in [5, 5.41) is 12.0. The van der Waals surface area contributed by atoms with E-state index in [4.69, 9.17) is 9.47 Å². The molecule has 3 aromatic rings. The van der Waals surface area contributed by atoms with Gasteiger partial charge < -0.3 is 19.6 Å². The molecule has 0 radical (unpaired) electrons. The zero-order valence-electron chi connectivity index (χ0n) is 15.8. The topological polar surface area (TPSA) is 74.8 Å². The third-order valence-electron chi connectivity index (χ3n) is 5.32. The highest BCUT2D eigenvalue weighted by molar-refractivity contribution is 6.10. The second-order valence-electron chi connectivity index (χ2n) is 6.89. The van der Waals surface area contributed by atoms with Crippen LogP contribution in [0.5, 0.6) is 5.75 Å². The van der Waals surface area contributed by atoms with Gasteiger partial charge in [-0.05, 0) is 12.1 Å². The highest BCUT2D eigenvalue weighted by Crippen LogP contribution is 2.34. The zero-order valence-corrected chi connectivity index (χ0v) is 15.8. The van der Waals surface area contributed by atoms with E-state index in [0.717, 1.165) is 16.5 Å². The average Bonchev–Trinajstić information content (AvgIpc) is 3.18. The third kappa shape index (κ3) is 3.42. The van der Waals surface area contributed by atoms with Gasteiger partial charge in [-0.3, -0.25) is 9.69 Å². The number of aromatic amines is 1. The second kappa shape index (κ2) is 8.14. The number of benzene rings is 2. The van der Waals surface area contributed by atoms with Crippen LogP contribution in [-0.2, 0) is 4.74 Å². The van der Waals surface area contributed by atoms with Crippen molar-refractivity contribution >= 4 is 16.7 Å². The minimum Gasteiger partial charge on any atom is -0.496 e. The first-order valence-corrected chi connectivity index (χ1v) is 9.44. The molecule has 2 aromatic carbocycles. The Morgan fingerprint density at radius 2 is 1.86 bits per heavy atom. The fraction of sp³-hybridized carbons (Fsp3) is 0.318. The van der Waals surface area contributed by atoms with Crippen LogP contribution in [0.3, 0.4) is 0 Å². The number of aromatic nitrogens is 1. The van der Waals surface area contributed by atoms with Gasteiger partial charge in [0.1, 0.15) is 11.9 Å². The van der Waals surface area contributed by atoms with Gasteiger partial charge in [0.15, 0.2) is 5.78 Å². The molecule has 146 valence electrons. The number of methoxy groups -OCH3 is 1. The van der Waals surface area contributed by atoms with E-state index in [-0.39, 0.29) is 5.78 Å². The lowest BCUT2D eigenvalue weighted by atomic mass is 9.92. The van der Waals surface area contributed by atoms with E-state index in [1.54, 1.807) is 13.3 Å². The number of ketones is 1. The van der Waals surface area contributed by atoms with Gasteiger partial charge in [0.25, 0.3) is 0 Å². The van der Waals surface area contributed by atoms with E-state index in [1.165, 1.54) is 0 Å². The van der Waals surface area contributed by atoms with Crippen molar-refractivity contribution in [2.24, 2.45) is 0 Å². The number of carbonyl (C=O) groups excluding carboxylic acids is 1. The number of nitrogens with one attached hydrogen (secondary N) is 1. The number of aliphatic hydroxyl groups is 1. The van der Waals surface area contributed by atoms with E-state index in [0.29, 0.717) is 37.6 Å². The number of H-pyrrole nitrogens is 1. The lowest BCUT2D eigenvalue weighted by molar-refractivity contribution is -0.0178. The Bertz CT molecular complexity index is 962. The molecule has 1 saturated heterocycles. The standard InChI is InChI=1S/C22H24N2O4/c1-27-19-9-5-3-7-16(19)20(24-10-12-28-13-11-24)22(26)21(25)17-14-23-18-8-4-2-6-15(17)18/h2-9,14,20,22-23,26H,10-13H2,1H3/t20-,22-/m0/s1. The number of aliphatic hydroxyl groups excluding tert-OH is 1. The van der Waals surface area contributed by atoms with Crippen LogP contribution in [0.15, 0.2) is 54.7 Å². The molecule has 1 aliphatic heterocycles. The van der Waals surface area contributed by atoms with Gasteiger partial charge in [-0.25, -0.2) is 0 Å². The molecule has 1 aliphatic rings. The van der Waals surface area contributed by atoms with Crippen LogP contribution in [0.1, 0.15) is 22.0 Å². The van der Waals surface area contributed by atoms with Gasteiger partial charge in [-0.2, -0.15) is 0 Å². The fourth-order valence-electron chi connectivity index (χ4n) is 3.91. The molecule has 0 aliphatic carbocycles. The van der Waals surface area contributed by atoms with Crippen molar-refractivity contribution in [2.75, 3.05) is 33.4 Å². The van der Waals surface area contributed by atoms with Crippen LogP contribution in [0, 0.1) is 0 Å². The van der Waals surface area contributed by atoms with Gasteiger partial charge >= 0.3 is 0 Å². The maximum absolute atomic E-state index is 13.3. The van der Waals surface area contributed by atoms with Crippen molar-refractivity contribution in [1.29, 1.82) is 0 Å². The van der Waals surface area contributed by atoms with Gasteiger partial charge in [0, 0.05) is 41.3 Å². The Morgan fingerprint density at radius 1 is 1.14 bits per heavy atom. The van der Waals surface area contributed by atoms with Crippen LogP contribution in [-0.4, -0.2) is 60.3 Å². The summed E-state index contributed by atoms with van der Waals surface area (Å²) in [5.41, 5.74) is 2.17. The van der Waals surface area contributed by atoms with Gasteiger partial charge in [-0.15, -0.1) is 0 Å². The Morgan fingerprint density at radius 3 is 2.64 bits per heavy atom. The predicted octanol–water partition coefficient (Wildman–Crippen LogP) is 2.79. The SMILES string of the molecule is COc1ccccc1[C@@H]([C@H](O)C(=O)c1c[nH]c2ccccc12)N1CCOCC1. The summed E-state index contributed by atoms with van der Waals surface area (Å²) in [5.74, 6) is 0.351. The maximum Gasteiger partial charge on any atom is 0.195 e. The van der Waals surface area contributed by atoms with Gasteiger partial charge in [-0.1, -0.05) is 36.4 Å². The molecular weight excluding hydrogens is 356 g/mol. The summed E-state index contributed by atoms with van der Waals surface area (Å²) in [4.78, 5) is 18.5.